The van der Waals surface area contributed by atoms with Crippen LogP contribution in [0.25, 0.3) is 0 Å². The van der Waals surface area contributed by atoms with Crippen molar-refractivity contribution in [1.82, 2.24) is 0 Å². The van der Waals surface area contributed by atoms with Gasteiger partial charge in [-0.3, -0.25) is 19.7 Å². The molecule has 0 saturated carbocycles. The lowest BCUT2D eigenvalue weighted by Gasteiger charge is -2.08. The Kier molecular flexibility index (Phi) is 3.76. The minimum absolute atomic E-state index is 0.0398. The molecule has 0 bridgehead atoms. The van der Waals surface area contributed by atoms with Gasteiger partial charge in [0.05, 0.1) is 17.7 Å². The number of carbonyl (C=O) groups excluding carboxylic acids is 2. The number of hydrogen-bond donors (Lipinski definition) is 1. The molecule has 0 aliphatic carbocycles. The topological polar surface area (TPSA) is 98.5 Å². The second kappa shape index (κ2) is 5.06. The number of hydrogen-bond acceptors (Lipinski definition) is 5. The summed E-state index contributed by atoms with van der Waals surface area (Å²) in [6, 6.07) is 2.45. The van der Waals surface area contributed by atoms with Crippen molar-refractivity contribution in [2.75, 3.05) is 12.4 Å². The van der Waals surface area contributed by atoms with Gasteiger partial charge < -0.3 is 10.1 Å². The molecule has 1 aromatic rings. The first-order chi connectivity index (χ1) is 7.99. The summed E-state index contributed by atoms with van der Waals surface area (Å²) in [6.45, 7) is 1.27. The quantitative estimate of drug-likeness (QED) is 0.485. The van der Waals surface area contributed by atoms with Crippen molar-refractivity contribution < 1.29 is 19.2 Å². The Morgan fingerprint density at radius 3 is 2.59 bits per heavy atom. The van der Waals surface area contributed by atoms with E-state index < -0.39 is 10.6 Å². The minimum atomic E-state index is -0.711. The van der Waals surface area contributed by atoms with Crippen molar-refractivity contribution in [2.24, 2.45) is 0 Å². The molecule has 1 N–H and O–H groups in total. The third-order valence-corrected chi connectivity index (χ3v) is 1.98. The monoisotopic (exact) mass is 238 g/mol. The van der Waals surface area contributed by atoms with E-state index in [1.807, 2.05) is 0 Å². The molecule has 0 aliphatic heterocycles. The maximum Gasteiger partial charge on any atom is 0.285 e. The number of nitrogens with zero attached hydrogens (tertiary/aromatic N) is 1. The summed E-state index contributed by atoms with van der Waals surface area (Å²) in [5, 5.41) is 13.2. The maximum atomic E-state index is 10.9. The third kappa shape index (κ3) is 2.77. The number of aldehydes is 1. The second-order valence-corrected chi connectivity index (χ2v) is 3.17. The largest absolute Gasteiger partial charge is 0.496 e. The Morgan fingerprint density at radius 2 is 2.18 bits per heavy atom. The SMILES string of the molecule is COc1cc(NC(C)=O)cc([N+](=O)[O-])c1C=O. The van der Waals surface area contributed by atoms with Crippen LogP contribution in [0.5, 0.6) is 5.75 Å². The van der Waals surface area contributed by atoms with Gasteiger partial charge in [0.15, 0.2) is 6.29 Å². The van der Waals surface area contributed by atoms with Crippen LogP contribution in [0, 0.1) is 10.1 Å². The number of anilines is 1. The molecule has 0 unspecified atom stereocenters. The van der Waals surface area contributed by atoms with Crippen LogP contribution < -0.4 is 10.1 Å². The highest BCUT2D eigenvalue weighted by Gasteiger charge is 2.20. The molecule has 0 aromatic heterocycles. The van der Waals surface area contributed by atoms with Crippen molar-refractivity contribution in [3.05, 3.63) is 27.8 Å². The van der Waals surface area contributed by atoms with Crippen LogP contribution >= 0.6 is 0 Å². The number of nitro benzene ring substituents is 1. The van der Waals surface area contributed by atoms with Gasteiger partial charge in [0, 0.05) is 19.1 Å². The summed E-state index contributed by atoms with van der Waals surface area (Å²) >= 11 is 0. The Morgan fingerprint density at radius 1 is 1.53 bits per heavy atom. The maximum absolute atomic E-state index is 10.9. The van der Waals surface area contributed by atoms with Crippen molar-refractivity contribution >= 4 is 23.6 Å². The highest BCUT2D eigenvalue weighted by atomic mass is 16.6. The molecular formula is C10H10N2O5. The average molecular weight is 238 g/mol. The number of amides is 1. The van der Waals surface area contributed by atoms with E-state index in [2.05, 4.69) is 5.32 Å². The second-order valence-electron chi connectivity index (χ2n) is 3.17. The van der Waals surface area contributed by atoms with Crippen LogP contribution in [0.4, 0.5) is 11.4 Å². The van der Waals surface area contributed by atoms with Crippen LogP contribution in [0.3, 0.4) is 0 Å². The molecule has 0 saturated heterocycles. The van der Waals surface area contributed by atoms with Gasteiger partial charge in [0.1, 0.15) is 11.3 Å². The van der Waals surface area contributed by atoms with Gasteiger partial charge in [0.25, 0.3) is 5.69 Å². The Balaban J connectivity index is 3.39. The lowest BCUT2D eigenvalue weighted by Crippen LogP contribution is -2.07. The van der Waals surface area contributed by atoms with E-state index in [-0.39, 0.29) is 22.9 Å². The molecule has 0 aliphatic rings. The van der Waals surface area contributed by atoms with Crippen LogP contribution in [0.2, 0.25) is 0 Å². The van der Waals surface area contributed by atoms with E-state index >= 15 is 0 Å². The predicted molar refractivity (Wildman–Crippen MR) is 59.3 cm³/mol. The molecule has 0 spiro atoms. The van der Waals surface area contributed by atoms with Gasteiger partial charge in [-0.25, -0.2) is 0 Å². The number of carbonyl (C=O) groups is 2. The lowest BCUT2D eigenvalue weighted by atomic mass is 10.1. The van der Waals surface area contributed by atoms with Crippen molar-refractivity contribution in [2.45, 2.75) is 6.92 Å². The zero-order valence-electron chi connectivity index (χ0n) is 9.22. The summed E-state index contributed by atoms with van der Waals surface area (Å²) in [5.41, 5.74) is -0.374. The van der Waals surface area contributed by atoms with Gasteiger partial charge in [0.2, 0.25) is 5.91 Å². The molecule has 0 heterocycles. The summed E-state index contributed by atoms with van der Waals surface area (Å²) in [7, 11) is 1.28. The summed E-state index contributed by atoms with van der Waals surface area (Å²) < 4.78 is 4.86. The Hall–Kier alpha value is -2.44. The molecule has 7 heteroatoms. The zero-order chi connectivity index (χ0) is 13.0. The van der Waals surface area contributed by atoms with E-state index in [0.29, 0.717) is 6.29 Å². The number of rotatable bonds is 4. The first-order valence-corrected chi connectivity index (χ1v) is 4.58. The minimum Gasteiger partial charge on any atom is -0.496 e. The molecule has 1 amide bonds. The highest BCUT2D eigenvalue weighted by molar-refractivity contribution is 5.92. The highest BCUT2D eigenvalue weighted by Crippen LogP contribution is 2.31. The first-order valence-electron chi connectivity index (χ1n) is 4.58. The van der Waals surface area contributed by atoms with Crippen molar-refractivity contribution in [3.8, 4) is 5.75 Å². The zero-order valence-corrected chi connectivity index (χ0v) is 9.22. The number of nitro groups is 1. The van der Waals surface area contributed by atoms with Gasteiger partial charge in [-0.2, -0.15) is 0 Å². The number of ether oxygens (including phenoxy) is 1. The fraction of sp³-hybridized carbons (Fsp3) is 0.200. The number of methoxy groups -OCH3 is 1. The summed E-state index contributed by atoms with van der Waals surface area (Å²) in [6.07, 6.45) is 0.342. The Labute approximate surface area is 96.5 Å². The number of nitrogens with one attached hydrogen (secondary N) is 1. The fourth-order valence-electron chi connectivity index (χ4n) is 1.33. The lowest BCUT2D eigenvalue weighted by molar-refractivity contribution is -0.385. The van der Waals surface area contributed by atoms with Gasteiger partial charge in [-0.15, -0.1) is 0 Å². The van der Waals surface area contributed by atoms with Gasteiger partial charge >= 0.3 is 0 Å². The van der Waals surface area contributed by atoms with E-state index in [1.54, 1.807) is 0 Å². The third-order valence-electron chi connectivity index (χ3n) is 1.98. The Bertz CT molecular complexity index is 484. The first kappa shape index (κ1) is 12.6. The van der Waals surface area contributed by atoms with Gasteiger partial charge in [-0.1, -0.05) is 0 Å². The molecule has 0 fully saturated rings. The summed E-state index contributed by atoms with van der Waals surface area (Å²) in [4.78, 5) is 31.7. The van der Waals surface area contributed by atoms with Crippen LogP contribution in [-0.4, -0.2) is 24.2 Å². The fourth-order valence-corrected chi connectivity index (χ4v) is 1.33. The predicted octanol–water partition coefficient (Wildman–Crippen LogP) is 1.37. The molecule has 1 aromatic carbocycles. The van der Waals surface area contributed by atoms with Crippen molar-refractivity contribution in [3.63, 3.8) is 0 Å². The molecule has 7 nitrogen and oxygen atoms in total. The standard InChI is InChI=1S/C10H10N2O5/c1-6(14)11-7-3-9(12(15)16)8(5-13)10(4-7)17-2/h3-5H,1-2H3,(H,11,14). The average Bonchev–Trinajstić information content (AvgIpc) is 2.26. The van der Waals surface area contributed by atoms with Crippen molar-refractivity contribution in [1.29, 1.82) is 0 Å². The van der Waals surface area contributed by atoms with Crippen LogP contribution in [-0.2, 0) is 4.79 Å². The molecule has 0 atom stereocenters. The molecule has 17 heavy (non-hydrogen) atoms. The molecule has 0 radical (unpaired) electrons. The smallest absolute Gasteiger partial charge is 0.285 e. The normalized spacial score (nSPS) is 9.53. The van der Waals surface area contributed by atoms with Gasteiger partial charge in [-0.05, 0) is 0 Å². The van der Waals surface area contributed by atoms with Crippen LogP contribution in [0.1, 0.15) is 17.3 Å². The summed E-state index contributed by atoms with van der Waals surface area (Å²) in [5.74, 6) is -0.335. The molecular weight excluding hydrogens is 228 g/mol. The molecule has 90 valence electrons. The molecule has 1 rings (SSSR count). The van der Waals surface area contributed by atoms with E-state index in [4.69, 9.17) is 4.74 Å². The number of benzene rings is 1. The van der Waals surface area contributed by atoms with E-state index in [1.165, 1.54) is 20.1 Å². The van der Waals surface area contributed by atoms with E-state index in [0.717, 1.165) is 6.07 Å². The van der Waals surface area contributed by atoms with Crippen LogP contribution in [0.15, 0.2) is 12.1 Å². The van der Waals surface area contributed by atoms with E-state index in [9.17, 15) is 19.7 Å².